The molecule has 0 aliphatic rings. The summed E-state index contributed by atoms with van der Waals surface area (Å²) < 4.78 is 16.7. The smallest absolute Gasteiger partial charge is 0.306 e. The molecule has 6 nitrogen and oxygen atoms in total. The molecule has 0 aliphatic heterocycles. The van der Waals surface area contributed by atoms with Crippen molar-refractivity contribution in [3.05, 3.63) is 60.8 Å². The Morgan fingerprint density at radius 2 is 0.702 bits per heavy atom. The first kappa shape index (κ1) is 54.1. The van der Waals surface area contributed by atoms with Crippen LogP contribution in [0.15, 0.2) is 60.8 Å². The molecule has 0 radical (unpaired) electrons. The van der Waals surface area contributed by atoms with Gasteiger partial charge in [-0.2, -0.15) is 0 Å². The van der Waals surface area contributed by atoms with E-state index in [0.29, 0.717) is 19.3 Å². The van der Waals surface area contributed by atoms with Crippen LogP contribution in [0.1, 0.15) is 226 Å². The lowest BCUT2D eigenvalue weighted by atomic mass is 10.1. The highest BCUT2D eigenvalue weighted by molar-refractivity contribution is 5.71. The molecule has 0 rings (SSSR count). The molecule has 0 fully saturated rings. The van der Waals surface area contributed by atoms with E-state index in [9.17, 15) is 14.4 Å². The number of hydrogen-bond donors (Lipinski definition) is 0. The molecule has 0 bridgehead atoms. The third-order valence-electron chi connectivity index (χ3n) is 9.98. The fourth-order valence-corrected chi connectivity index (χ4v) is 6.37. The Bertz CT molecular complexity index is 1050. The van der Waals surface area contributed by atoms with Crippen molar-refractivity contribution in [1.82, 2.24) is 0 Å². The Morgan fingerprint density at radius 1 is 0.368 bits per heavy atom. The fraction of sp³-hybridized carbons (Fsp3) is 0.745. The van der Waals surface area contributed by atoms with E-state index in [1.54, 1.807) is 0 Å². The lowest BCUT2D eigenvalue weighted by Gasteiger charge is -2.18. The van der Waals surface area contributed by atoms with Crippen molar-refractivity contribution in [1.29, 1.82) is 0 Å². The number of allylic oxidation sites excluding steroid dienone is 10. The van der Waals surface area contributed by atoms with E-state index in [1.165, 1.54) is 83.5 Å². The highest BCUT2D eigenvalue weighted by Crippen LogP contribution is 2.13. The molecule has 328 valence electrons. The van der Waals surface area contributed by atoms with Gasteiger partial charge in [-0.1, -0.05) is 171 Å². The molecule has 0 aromatic heterocycles. The number of rotatable bonds is 42. The van der Waals surface area contributed by atoms with Gasteiger partial charge < -0.3 is 14.2 Å². The second-order valence-electron chi connectivity index (χ2n) is 15.6. The van der Waals surface area contributed by atoms with E-state index < -0.39 is 6.10 Å². The van der Waals surface area contributed by atoms with E-state index in [4.69, 9.17) is 14.2 Å². The molecule has 0 aliphatic carbocycles. The van der Waals surface area contributed by atoms with Gasteiger partial charge >= 0.3 is 17.9 Å². The highest BCUT2D eigenvalue weighted by atomic mass is 16.6. The first-order chi connectivity index (χ1) is 28.0. The summed E-state index contributed by atoms with van der Waals surface area (Å²) in [6.45, 7) is 6.43. The first-order valence-corrected chi connectivity index (χ1v) is 23.8. The Labute approximate surface area is 351 Å². The van der Waals surface area contributed by atoms with E-state index in [1.807, 2.05) is 0 Å². The Morgan fingerprint density at radius 3 is 1.14 bits per heavy atom. The SMILES string of the molecule is CC/C=C\C/C=C\C/C=C\CCCCCCCCC(=O)OCC(COC(=O)CCCCCCC/C=C\CCCC)OC(=O)CCCCCCC/C=C\CCCCC. The molecule has 57 heavy (non-hydrogen) atoms. The largest absolute Gasteiger partial charge is 0.462 e. The second-order valence-corrected chi connectivity index (χ2v) is 15.6. The standard InChI is InChI=1S/C51H88O6/c1-4-7-10-13-16-19-22-24-25-26-27-30-32-35-38-41-44-50(53)56-47-48(46-55-49(52)43-40-37-34-31-28-21-18-15-12-9-6-3)57-51(54)45-42-39-36-33-29-23-20-17-14-11-8-5-2/h7,10,15-20,24-25,48H,4-6,8-9,11-14,21-23,26-47H2,1-3H3/b10-7-,18-15-,19-16-,20-17-,25-24-. The maximum atomic E-state index is 12.7. The van der Waals surface area contributed by atoms with Crippen molar-refractivity contribution in [2.45, 2.75) is 232 Å². The number of unbranched alkanes of at least 4 members (excludes halogenated alkanes) is 21. The van der Waals surface area contributed by atoms with Gasteiger partial charge in [-0.25, -0.2) is 0 Å². The van der Waals surface area contributed by atoms with Gasteiger partial charge in [0, 0.05) is 19.3 Å². The molecular weight excluding hydrogens is 709 g/mol. The molecule has 0 spiro atoms. The molecule has 0 aromatic rings. The Balaban J connectivity index is 4.40. The molecule has 1 atom stereocenters. The first-order valence-electron chi connectivity index (χ1n) is 23.8. The summed E-state index contributed by atoms with van der Waals surface area (Å²) in [6, 6.07) is 0. The summed E-state index contributed by atoms with van der Waals surface area (Å²) in [7, 11) is 0. The minimum Gasteiger partial charge on any atom is -0.462 e. The molecule has 0 saturated carbocycles. The van der Waals surface area contributed by atoms with Crippen LogP contribution < -0.4 is 0 Å². The quantitative estimate of drug-likeness (QED) is 0.0265. The van der Waals surface area contributed by atoms with Gasteiger partial charge in [0.05, 0.1) is 0 Å². The molecule has 0 heterocycles. The van der Waals surface area contributed by atoms with Crippen LogP contribution in [0.4, 0.5) is 0 Å². The van der Waals surface area contributed by atoms with Crippen molar-refractivity contribution in [2.75, 3.05) is 13.2 Å². The van der Waals surface area contributed by atoms with Gasteiger partial charge in [0.1, 0.15) is 13.2 Å². The zero-order valence-corrected chi connectivity index (χ0v) is 37.3. The van der Waals surface area contributed by atoms with Gasteiger partial charge in [0.25, 0.3) is 0 Å². The average Bonchev–Trinajstić information content (AvgIpc) is 3.21. The number of carbonyl (C=O) groups excluding carboxylic acids is 3. The summed E-state index contributed by atoms with van der Waals surface area (Å²) in [6.07, 6.45) is 54.8. The van der Waals surface area contributed by atoms with E-state index in [-0.39, 0.29) is 31.1 Å². The van der Waals surface area contributed by atoms with Crippen molar-refractivity contribution >= 4 is 17.9 Å². The topological polar surface area (TPSA) is 78.9 Å². The van der Waals surface area contributed by atoms with Crippen LogP contribution in [0.3, 0.4) is 0 Å². The Kier molecular flexibility index (Phi) is 43.5. The second kappa shape index (κ2) is 45.8. The highest BCUT2D eigenvalue weighted by Gasteiger charge is 2.19. The van der Waals surface area contributed by atoms with Crippen molar-refractivity contribution in [3.63, 3.8) is 0 Å². The molecule has 0 N–H and O–H groups in total. The number of esters is 3. The third kappa shape index (κ3) is 44.1. The third-order valence-corrected chi connectivity index (χ3v) is 9.98. The number of carbonyl (C=O) groups is 3. The summed E-state index contributed by atoms with van der Waals surface area (Å²) >= 11 is 0. The van der Waals surface area contributed by atoms with E-state index in [0.717, 1.165) is 103 Å². The summed E-state index contributed by atoms with van der Waals surface area (Å²) in [5, 5.41) is 0. The zero-order chi connectivity index (χ0) is 41.5. The molecule has 6 heteroatoms. The summed E-state index contributed by atoms with van der Waals surface area (Å²) in [5.74, 6) is -0.920. The molecule has 0 aromatic carbocycles. The van der Waals surface area contributed by atoms with Gasteiger partial charge in [0.2, 0.25) is 0 Å². The summed E-state index contributed by atoms with van der Waals surface area (Å²) in [5.41, 5.74) is 0. The van der Waals surface area contributed by atoms with Crippen LogP contribution in [0.5, 0.6) is 0 Å². The van der Waals surface area contributed by atoms with Crippen LogP contribution >= 0.6 is 0 Å². The van der Waals surface area contributed by atoms with E-state index in [2.05, 4.69) is 81.5 Å². The van der Waals surface area contributed by atoms with Crippen LogP contribution in [0, 0.1) is 0 Å². The molecule has 0 amide bonds. The minimum absolute atomic E-state index is 0.0866. The predicted molar refractivity (Wildman–Crippen MR) is 242 cm³/mol. The average molecular weight is 797 g/mol. The normalized spacial score (nSPS) is 12.5. The van der Waals surface area contributed by atoms with E-state index >= 15 is 0 Å². The summed E-state index contributed by atoms with van der Waals surface area (Å²) in [4.78, 5) is 37.8. The molecule has 1 unspecified atom stereocenters. The fourth-order valence-electron chi connectivity index (χ4n) is 6.37. The number of hydrogen-bond acceptors (Lipinski definition) is 6. The lowest BCUT2D eigenvalue weighted by molar-refractivity contribution is -0.167. The molecule has 0 saturated heterocycles. The zero-order valence-electron chi connectivity index (χ0n) is 37.3. The maximum Gasteiger partial charge on any atom is 0.306 e. The van der Waals surface area contributed by atoms with Crippen molar-refractivity contribution in [2.24, 2.45) is 0 Å². The van der Waals surface area contributed by atoms with Gasteiger partial charge in [-0.05, 0) is 96.3 Å². The van der Waals surface area contributed by atoms with Crippen molar-refractivity contribution < 1.29 is 28.6 Å². The maximum absolute atomic E-state index is 12.7. The molecular formula is C51H88O6. The van der Waals surface area contributed by atoms with Gasteiger partial charge in [-0.3, -0.25) is 14.4 Å². The van der Waals surface area contributed by atoms with Crippen LogP contribution in [-0.4, -0.2) is 37.2 Å². The van der Waals surface area contributed by atoms with Crippen LogP contribution in [-0.2, 0) is 28.6 Å². The monoisotopic (exact) mass is 797 g/mol. The van der Waals surface area contributed by atoms with Crippen molar-refractivity contribution in [3.8, 4) is 0 Å². The van der Waals surface area contributed by atoms with Crippen LogP contribution in [0.25, 0.3) is 0 Å². The van der Waals surface area contributed by atoms with Gasteiger partial charge in [-0.15, -0.1) is 0 Å². The lowest BCUT2D eigenvalue weighted by Crippen LogP contribution is -2.30. The van der Waals surface area contributed by atoms with Crippen LogP contribution in [0.2, 0.25) is 0 Å². The predicted octanol–water partition coefficient (Wildman–Crippen LogP) is 15.3. The number of ether oxygens (including phenoxy) is 3. The Hall–Kier alpha value is -2.89. The minimum atomic E-state index is -0.784. The van der Waals surface area contributed by atoms with Gasteiger partial charge in [0.15, 0.2) is 6.10 Å².